The molecule has 108 valence electrons. The quantitative estimate of drug-likeness (QED) is 0.854. The number of carbonyl (C=O) groups is 1. The standard InChI is InChI=1S/C16H18N4O/c1-19-11-15(18-12-19)16(21)20(2)10-14-7-4-3-6-13(14)8-5-9-17/h3-4,6-7,11-12H,9-10,17H2,1-2H3. The molecule has 2 rings (SSSR count). The molecule has 1 aromatic heterocycles. The van der Waals surface area contributed by atoms with Crippen molar-refractivity contribution in [1.29, 1.82) is 0 Å². The number of nitrogens with zero attached hydrogens (tertiary/aromatic N) is 3. The minimum Gasteiger partial charge on any atom is -0.340 e. The van der Waals surface area contributed by atoms with Gasteiger partial charge >= 0.3 is 0 Å². The highest BCUT2D eigenvalue weighted by Gasteiger charge is 2.15. The van der Waals surface area contributed by atoms with E-state index in [-0.39, 0.29) is 5.91 Å². The maximum absolute atomic E-state index is 12.3. The van der Waals surface area contributed by atoms with Crippen LogP contribution >= 0.6 is 0 Å². The molecule has 0 bridgehead atoms. The number of nitrogens with two attached hydrogens (primary N) is 1. The molecule has 21 heavy (non-hydrogen) atoms. The number of amides is 1. The first-order chi connectivity index (χ1) is 10.1. The number of aromatic nitrogens is 2. The van der Waals surface area contributed by atoms with E-state index in [1.807, 2.05) is 31.3 Å². The van der Waals surface area contributed by atoms with Gasteiger partial charge in [0, 0.05) is 32.4 Å². The Morgan fingerprint density at radius 1 is 1.43 bits per heavy atom. The smallest absolute Gasteiger partial charge is 0.274 e. The summed E-state index contributed by atoms with van der Waals surface area (Å²) in [5, 5.41) is 0. The van der Waals surface area contributed by atoms with Gasteiger partial charge in [0.15, 0.2) is 0 Å². The van der Waals surface area contributed by atoms with Crippen LogP contribution in [0.5, 0.6) is 0 Å². The van der Waals surface area contributed by atoms with Crippen LogP contribution in [0.25, 0.3) is 0 Å². The van der Waals surface area contributed by atoms with Crippen LogP contribution in [0.4, 0.5) is 0 Å². The van der Waals surface area contributed by atoms with Crippen LogP contribution in [-0.4, -0.2) is 34.0 Å². The molecule has 0 spiro atoms. The van der Waals surface area contributed by atoms with Crippen LogP contribution < -0.4 is 5.73 Å². The van der Waals surface area contributed by atoms with Crippen molar-refractivity contribution in [2.45, 2.75) is 6.54 Å². The second kappa shape index (κ2) is 6.73. The number of hydrogen-bond donors (Lipinski definition) is 1. The molecular formula is C16H18N4O. The minimum atomic E-state index is -0.114. The molecule has 0 radical (unpaired) electrons. The average Bonchev–Trinajstić information content (AvgIpc) is 2.92. The van der Waals surface area contributed by atoms with E-state index in [4.69, 9.17) is 5.73 Å². The van der Waals surface area contributed by atoms with E-state index in [0.717, 1.165) is 11.1 Å². The molecular weight excluding hydrogens is 264 g/mol. The SMILES string of the molecule is CN(Cc1ccccc1C#CCN)C(=O)c1cn(C)cn1. The first-order valence-corrected chi connectivity index (χ1v) is 6.62. The summed E-state index contributed by atoms with van der Waals surface area (Å²) in [7, 11) is 3.59. The van der Waals surface area contributed by atoms with E-state index in [1.54, 1.807) is 29.0 Å². The van der Waals surface area contributed by atoms with Crippen molar-refractivity contribution >= 4 is 5.91 Å². The molecule has 1 amide bonds. The van der Waals surface area contributed by atoms with Gasteiger partial charge in [-0.3, -0.25) is 4.79 Å². The molecule has 0 saturated heterocycles. The molecule has 0 atom stereocenters. The number of aryl methyl sites for hydroxylation is 1. The van der Waals surface area contributed by atoms with Crippen molar-refractivity contribution < 1.29 is 4.79 Å². The van der Waals surface area contributed by atoms with Gasteiger partial charge in [-0.05, 0) is 11.6 Å². The molecule has 5 heteroatoms. The summed E-state index contributed by atoms with van der Waals surface area (Å²) in [4.78, 5) is 18.0. The summed E-state index contributed by atoms with van der Waals surface area (Å²) in [5.41, 5.74) is 7.72. The summed E-state index contributed by atoms with van der Waals surface area (Å²) >= 11 is 0. The zero-order valence-corrected chi connectivity index (χ0v) is 12.2. The first-order valence-electron chi connectivity index (χ1n) is 6.62. The summed E-state index contributed by atoms with van der Waals surface area (Å²) < 4.78 is 1.75. The molecule has 0 aliphatic carbocycles. The van der Waals surface area contributed by atoms with Crippen molar-refractivity contribution in [3.05, 3.63) is 53.6 Å². The van der Waals surface area contributed by atoms with Crippen molar-refractivity contribution in [3.63, 3.8) is 0 Å². The Labute approximate surface area is 124 Å². The largest absolute Gasteiger partial charge is 0.340 e. The average molecular weight is 282 g/mol. The number of imidazole rings is 1. The Morgan fingerprint density at radius 3 is 2.86 bits per heavy atom. The lowest BCUT2D eigenvalue weighted by atomic mass is 10.1. The molecule has 1 aromatic carbocycles. The normalized spacial score (nSPS) is 9.86. The summed E-state index contributed by atoms with van der Waals surface area (Å²) in [6, 6.07) is 7.74. The predicted molar refractivity (Wildman–Crippen MR) is 81.4 cm³/mol. The Bertz CT molecular complexity index is 694. The van der Waals surface area contributed by atoms with Crippen LogP contribution in [0.1, 0.15) is 21.6 Å². The lowest BCUT2D eigenvalue weighted by molar-refractivity contribution is 0.0779. The third-order valence-electron chi connectivity index (χ3n) is 3.02. The number of hydrogen-bond acceptors (Lipinski definition) is 3. The van der Waals surface area contributed by atoms with Gasteiger partial charge in [0.2, 0.25) is 0 Å². The topological polar surface area (TPSA) is 64.2 Å². The van der Waals surface area contributed by atoms with Crippen LogP contribution in [0.2, 0.25) is 0 Å². The molecule has 2 N–H and O–H groups in total. The fourth-order valence-electron chi connectivity index (χ4n) is 1.97. The van der Waals surface area contributed by atoms with E-state index < -0.39 is 0 Å². The number of benzene rings is 1. The fraction of sp³-hybridized carbons (Fsp3) is 0.250. The third-order valence-corrected chi connectivity index (χ3v) is 3.02. The minimum absolute atomic E-state index is 0.114. The highest BCUT2D eigenvalue weighted by molar-refractivity contribution is 5.91. The number of carbonyl (C=O) groups excluding carboxylic acids is 1. The second-order valence-electron chi connectivity index (χ2n) is 4.75. The maximum atomic E-state index is 12.3. The predicted octanol–water partition coefficient (Wildman–Crippen LogP) is 1.00. The highest BCUT2D eigenvalue weighted by atomic mass is 16.2. The van der Waals surface area contributed by atoms with Gasteiger partial charge in [0.1, 0.15) is 5.69 Å². The molecule has 1 heterocycles. The maximum Gasteiger partial charge on any atom is 0.274 e. The van der Waals surface area contributed by atoms with E-state index in [2.05, 4.69) is 16.8 Å². The van der Waals surface area contributed by atoms with Crippen LogP contribution in [0.3, 0.4) is 0 Å². The monoisotopic (exact) mass is 282 g/mol. The van der Waals surface area contributed by atoms with E-state index in [9.17, 15) is 4.79 Å². The fourth-order valence-corrected chi connectivity index (χ4v) is 1.97. The van der Waals surface area contributed by atoms with E-state index in [0.29, 0.717) is 18.8 Å². The van der Waals surface area contributed by atoms with Crippen LogP contribution in [-0.2, 0) is 13.6 Å². The van der Waals surface area contributed by atoms with Gasteiger partial charge < -0.3 is 15.2 Å². The molecule has 0 unspecified atom stereocenters. The molecule has 0 fully saturated rings. The Hall–Kier alpha value is -2.58. The van der Waals surface area contributed by atoms with E-state index in [1.165, 1.54) is 0 Å². The van der Waals surface area contributed by atoms with Gasteiger partial charge in [-0.1, -0.05) is 30.0 Å². The lowest BCUT2D eigenvalue weighted by Crippen LogP contribution is -2.26. The molecule has 2 aromatic rings. The van der Waals surface area contributed by atoms with Gasteiger partial charge in [-0.2, -0.15) is 0 Å². The van der Waals surface area contributed by atoms with Crippen molar-refractivity contribution in [2.75, 3.05) is 13.6 Å². The van der Waals surface area contributed by atoms with Gasteiger partial charge in [0.25, 0.3) is 5.91 Å². The lowest BCUT2D eigenvalue weighted by Gasteiger charge is -2.17. The molecule has 5 nitrogen and oxygen atoms in total. The van der Waals surface area contributed by atoms with Crippen molar-refractivity contribution in [1.82, 2.24) is 14.5 Å². The Morgan fingerprint density at radius 2 is 2.19 bits per heavy atom. The molecule has 0 aliphatic rings. The molecule has 0 saturated carbocycles. The van der Waals surface area contributed by atoms with Crippen molar-refractivity contribution in [3.8, 4) is 11.8 Å². The highest BCUT2D eigenvalue weighted by Crippen LogP contribution is 2.11. The Kier molecular flexibility index (Phi) is 4.75. The van der Waals surface area contributed by atoms with Crippen molar-refractivity contribution in [2.24, 2.45) is 12.8 Å². The third kappa shape index (κ3) is 3.71. The van der Waals surface area contributed by atoms with Gasteiger partial charge in [0.05, 0.1) is 12.9 Å². The second-order valence-corrected chi connectivity index (χ2v) is 4.75. The Balaban J connectivity index is 2.16. The zero-order valence-electron chi connectivity index (χ0n) is 12.2. The van der Waals surface area contributed by atoms with Gasteiger partial charge in [-0.15, -0.1) is 0 Å². The first kappa shape index (κ1) is 14.8. The van der Waals surface area contributed by atoms with Crippen LogP contribution in [0.15, 0.2) is 36.8 Å². The van der Waals surface area contributed by atoms with E-state index >= 15 is 0 Å². The van der Waals surface area contributed by atoms with Crippen LogP contribution in [0, 0.1) is 11.8 Å². The van der Waals surface area contributed by atoms with Gasteiger partial charge in [-0.25, -0.2) is 4.98 Å². The zero-order chi connectivity index (χ0) is 15.2. The summed E-state index contributed by atoms with van der Waals surface area (Å²) in [6.07, 6.45) is 3.32. The summed E-state index contributed by atoms with van der Waals surface area (Å²) in [6.45, 7) is 0.794. The molecule has 0 aliphatic heterocycles. The number of rotatable bonds is 3. The summed E-state index contributed by atoms with van der Waals surface area (Å²) in [5.74, 6) is 5.76.